The number of hydrogen-bond donors (Lipinski definition) is 0. The zero-order chi connectivity index (χ0) is 16.9. The number of hydrogen-bond acceptors (Lipinski definition) is 3. The Kier molecular flexibility index (Phi) is 4.57. The molecule has 0 bridgehead atoms. The molecule has 4 nitrogen and oxygen atoms in total. The first-order valence-corrected chi connectivity index (χ1v) is 7.77. The Morgan fingerprint density at radius 2 is 2.12 bits per heavy atom. The smallest absolute Gasteiger partial charge is 0.338 e. The van der Waals surface area contributed by atoms with Crippen molar-refractivity contribution in [1.29, 1.82) is 0 Å². The van der Waals surface area contributed by atoms with Crippen LogP contribution in [0.2, 0.25) is 0 Å². The van der Waals surface area contributed by atoms with Gasteiger partial charge in [0.25, 0.3) is 0 Å². The van der Waals surface area contributed by atoms with Crippen molar-refractivity contribution in [1.82, 2.24) is 9.55 Å². The fourth-order valence-corrected chi connectivity index (χ4v) is 2.70. The molecule has 0 N–H and O–H groups in total. The van der Waals surface area contributed by atoms with Crippen LogP contribution in [-0.2, 0) is 9.53 Å². The Morgan fingerprint density at radius 1 is 1.29 bits per heavy atom. The zero-order valence-corrected chi connectivity index (χ0v) is 13.5. The first-order chi connectivity index (χ1) is 11.8. The van der Waals surface area contributed by atoms with Gasteiger partial charge in [-0.25, -0.2) is 4.79 Å². The van der Waals surface area contributed by atoms with Gasteiger partial charge in [-0.05, 0) is 31.2 Å². The summed E-state index contributed by atoms with van der Waals surface area (Å²) in [5, 5.41) is 0.975. The minimum atomic E-state index is -0.355. The predicted molar refractivity (Wildman–Crippen MR) is 95.9 cm³/mol. The molecule has 0 amide bonds. The fourth-order valence-electron chi connectivity index (χ4n) is 2.70. The number of aromatic nitrogens is 2. The second-order valence-corrected chi connectivity index (χ2v) is 5.18. The molecule has 0 aliphatic heterocycles. The summed E-state index contributed by atoms with van der Waals surface area (Å²) in [6.45, 7) is 5.83. The van der Waals surface area contributed by atoms with Crippen LogP contribution in [0.3, 0.4) is 0 Å². The lowest BCUT2D eigenvalue weighted by atomic mass is 10.0. The van der Waals surface area contributed by atoms with E-state index in [2.05, 4.69) is 11.6 Å². The highest BCUT2D eigenvalue weighted by Crippen LogP contribution is 2.30. The van der Waals surface area contributed by atoms with Crippen molar-refractivity contribution in [3.63, 3.8) is 0 Å². The summed E-state index contributed by atoms with van der Waals surface area (Å²) < 4.78 is 7.22. The van der Waals surface area contributed by atoms with Crippen LogP contribution < -0.4 is 0 Å². The molecule has 0 fully saturated rings. The SMILES string of the molecule is C=CC=C(C(=O)OCC)c1cn(-c2cccnc2)c2ccccc12. The summed E-state index contributed by atoms with van der Waals surface area (Å²) in [7, 11) is 0. The molecular weight excluding hydrogens is 300 g/mol. The fraction of sp³-hybridized carbons (Fsp3) is 0.100. The quantitative estimate of drug-likeness (QED) is 0.403. The van der Waals surface area contributed by atoms with E-state index in [9.17, 15) is 4.79 Å². The zero-order valence-electron chi connectivity index (χ0n) is 13.5. The molecule has 2 aromatic heterocycles. The van der Waals surface area contributed by atoms with E-state index < -0.39 is 0 Å². The Labute approximate surface area is 140 Å². The average Bonchev–Trinajstić information content (AvgIpc) is 3.00. The largest absolute Gasteiger partial charge is 0.462 e. The number of rotatable bonds is 5. The number of ether oxygens (including phenoxy) is 1. The van der Waals surface area contributed by atoms with Gasteiger partial charge < -0.3 is 9.30 Å². The predicted octanol–water partition coefficient (Wildman–Crippen LogP) is 4.16. The van der Waals surface area contributed by atoms with E-state index >= 15 is 0 Å². The van der Waals surface area contributed by atoms with Crippen LogP contribution in [0.25, 0.3) is 22.2 Å². The highest BCUT2D eigenvalue weighted by atomic mass is 16.5. The molecule has 1 aromatic carbocycles. The normalized spacial score (nSPS) is 11.5. The monoisotopic (exact) mass is 318 g/mol. The second kappa shape index (κ2) is 6.96. The third-order valence-corrected chi connectivity index (χ3v) is 3.71. The van der Waals surface area contributed by atoms with Gasteiger partial charge in [0.15, 0.2) is 0 Å². The molecule has 4 heteroatoms. The second-order valence-electron chi connectivity index (χ2n) is 5.18. The van der Waals surface area contributed by atoms with E-state index in [-0.39, 0.29) is 5.97 Å². The maximum absolute atomic E-state index is 12.4. The topological polar surface area (TPSA) is 44.1 Å². The Morgan fingerprint density at radius 3 is 2.83 bits per heavy atom. The van der Waals surface area contributed by atoms with Crippen LogP contribution in [-0.4, -0.2) is 22.1 Å². The van der Waals surface area contributed by atoms with Gasteiger partial charge in [0.2, 0.25) is 0 Å². The molecule has 0 unspecified atom stereocenters. The van der Waals surface area contributed by atoms with Crippen molar-refractivity contribution in [2.75, 3.05) is 6.61 Å². The number of benzene rings is 1. The van der Waals surface area contributed by atoms with Crippen molar-refractivity contribution in [2.24, 2.45) is 0 Å². The summed E-state index contributed by atoms with van der Waals surface area (Å²) in [6, 6.07) is 11.8. The molecule has 0 aliphatic rings. The van der Waals surface area contributed by atoms with E-state index in [1.54, 1.807) is 31.5 Å². The van der Waals surface area contributed by atoms with E-state index in [0.717, 1.165) is 22.2 Å². The van der Waals surface area contributed by atoms with Gasteiger partial charge in [-0.3, -0.25) is 4.98 Å². The Hall–Kier alpha value is -3.14. The molecule has 3 rings (SSSR count). The Bertz CT molecular complexity index is 908. The van der Waals surface area contributed by atoms with Crippen molar-refractivity contribution >= 4 is 22.4 Å². The van der Waals surface area contributed by atoms with Crippen LogP contribution in [0.15, 0.2) is 73.7 Å². The van der Waals surface area contributed by atoms with Crippen molar-refractivity contribution in [3.8, 4) is 5.69 Å². The highest BCUT2D eigenvalue weighted by molar-refractivity contribution is 6.20. The average molecular weight is 318 g/mol. The summed E-state index contributed by atoms with van der Waals surface area (Å²) in [4.78, 5) is 16.5. The Balaban J connectivity index is 2.24. The van der Waals surface area contributed by atoms with Crippen molar-refractivity contribution in [2.45, 2.75) is 6.92 Å². The highest BCUT2D eigenvalue weighted by Gasteiger charge is 2.18. The molecule has 0 saturated carbocycles. The minimum absolute atomic E-state index is 0.328. The number of carbonyl (C=O) groups excluding carboxylic acids is 1. The van der Waals surface area contributed by atoms with Crippen LogP contribution in [0.1, 0.15) is 12.5 Å². The number of nitrogens with zero attached hydrogens (tertiary/aromatic N) is 2. The van der Waals surface area contributed by atoms with Gasteiger partial charge in [0.05, 0.1) is 29.6 Å². The summed E-state index contributed by atoms with van der Waals surface area (Å²) in [5.74, 6) is -0.355. The molecule has 0 saturated heterocycles. The van der Waals surface area contributed by atoms with Gasteiger partial charge >= 0.3 is 5.97 Å². The summed E-state index contributed by atoms with van der Waals surface area (Å²) in [6.07, 6.45) is 8.75. The third kappa shape index (κ3) is 2.86. The van der Waals surface area contributed by atoms with E-state index in [1.807, 2.05) is 47.2 Å². The number of esters is 1. The standard InChI is InChI=1S/C20H18N2O2/c1-3-8-17(20(23)24-4-2)18-14-22(15-9-7-12-21-13-15)19-11-6-5-10-16(18)19/h3,5-14H,1,4H2,2H3. The number of para-hydroxylation sites is 1. The first-order valence-electron chi connectivity index (χ1n) is 7.77. The molecule has 0 atom stereocenters. The number of allylic oxidation sites excluding steroid dienone is 2. The lowest BCUT2D eigenvalue weighted by Crippen LogP contribution is -2.06. The molecule has 120 valence electrons. The van der Waals surface area contributed by atoms with Crippen LogP contribution in [0.4, 0.5) is 0 Å². The van der Waals surface area contributed by atoms with Crippen molar-refractivity contribution in [3.05, 3.63) is 79.3 Å². The van der Waals surface area contributed by atoms with Gasteiger partial charge in [-0.1, -0.05) is 30.9 Å². The van der Waals surface area contributed by atoms with Crippen molar-refractivity contribution < 1.29 is 9.53 Å². The van der Waals surface area contributed by atoms with Gasteiger partial charge in [0.1, 0.15) is 0 Å². The lowest BCUT2D eigenvalue weighted by Gasteiger charge is -2.05. The van der Waals surface area contributed by atoms with Gasteiger partial charge in [-0.15, -0.1) is 0 Å². The molecule has 3 aromatic rings. The van der Waals surface area contributed by atoms with Crippen LogP contribution >= 0.6 is 0 Å². The van der Waals surface area contributed by atoms with E-state index in [0.29, 0.717) is 12.2 Å². The van der Waals surface area contributed by atoms with Crippen LogP contribution in [0, 0.1) is 0 Å². The molecule has 0 spiro atoms. The molecule has 2 heterocycles. The minimum Gasteiger partial charge on any atom is -0.462 e. The molecular formula is C20H18N2O2. The number of fused-ring (bicyclic) bond motifs is 1. The summed E-state index contributed by atoms with van der Waals surface area (Å²) >= 11 is 0. The summed E-state index contributed by atoms with van der Waals surface area (Å²) in [5.41, 5.74) is 3.24. The lowest BCUT2D eigenvalue weighted by molar-refractivity contribution is -0.136. The third-order valence-electron chi connectivity index (χ3n) is 3.71. The van der Waals surface area contributed by atoms with E-state index in [1.165, 1.54) is 0 Å². The number of pyridine rings is 1. The maximum Gasteiger partial charge on any atom is 0.338 e. The van der Waals surface area contributed by atoms with Gasteiger partial charge in [0, 0.05) is 23.3 Å². The maximum atomic E-state index is 12.4. The molecule has 24 heavy (non-hydrogen) atoms. The molecule has 0 radical (unpaired) electrons. The van der Waals surface area contributed by atoms with E-state index in [4.69, 9.17) is 4.74 Å². The number of carbonyl (C=O) groups is 1. The molecule has 0 aliphatic carbocycles. The van der Waals surface area contributed by atoms with Gasteiger partial charge in [-0.2, -0.15) is 0 Å². The van der Waals surface area contributed by atoms with Crippen LogP contribution in [0.5, 0.6) is 0 Å². The first kappa shape index (κ1) is 15.7.